The molecule has 2 aliphatic rings. The molecule has 0 amide bonds. The van der Waals surface area contributed by atoms with Gasteiger partial charge in [0, 0.05) is 9.99 Å². The highest BCUT2D eigenvalue weighted by Gasteiger charge is 2.48. The van der Waals surface area contributed by atoms with Crippen LogP contribution in [0.5, 0.6) is 0 Å². The van der Waals surface area contributed by atoms with Crippen molar-refractivity contribution in [3.05, 3.63) is 68.7 Å². The number of ketones is 2. The molecule has 3 nitrogen and oxygen atoms in total. The van der Waals surface area contributed by atoms with E-state index in [0.29, 0.717) is 11.1 Å². The monoisotopic (exact) mass is 476 g/mol. The Bertz CT molecular complexity index is 847. The van der Waals surface area contributed by atoms with Crippen LogP contribution in [-0.2, 0) is 19.7 Å². The number of allylic oxidation sites excluding steroid dienone is 5. The van der Waals surface area contributed by atoms with Gasteiger partial charge in [0.2, 0.25) is 0 Å². The lowest BCUT2D eigenvalue weighted by Gasteiger charge is -2.33. The minimum atomic E-state index is -1.19. The van der Waals surface area contributed by atoms with E-state index in [2.05, 4.69) is 29.5 Å². The van der Waals surface area contributed by atoms with Gasteiger partial charge in [0.05, 0.1) is 5.57 Å². The molecule has 4 heteroatoms. The molecule has 3 rings (SSSR count). The van der Waals surface area contributed by atoms with Crippen LogP contribution >= 0.6 is 22.6 Å². The van der Waals surface area contributed by atoms with Crippen LogP contribution in [0.4, 0.5) is 0 Å². The molecule has 1 aromatic carbocycles. The topological polar surface area (TPSA) is 43.4 Å². The zero-order chi connectivity index (χ0) is 19.4. The van der Waals surface area contributed by atoms with E-state index in [1.807, 2.05) is 30.3 Å². The van der Waals surface area contributed by atoms with Gasteiger partial charge in [-0.25, -0.2) is 0 Å². The molecular formula is C23H25IO3. The fraction of sp³-hybridized carbons (Fsp3) is 0.391. The average molecular weight is 476 g/mol. The lowest BCUT2D eigenvalue weighted by Crippen LogP contribution is -2.45. The van der Waals surface area contributed by atoms with Crippen molar-refractivity contribution in [2.24, 2.45) is 0 Å². The number of Topliss-reactive ketones (excluding diaryl/α,β-unsaturated/α-hetero) is 1. The Labute approximate surface area is 174 Å². The molecule has 0 aromatic heterocycles. The summed E-state index contributed by atoms with van der Waals surface area (Å²) in [4.78, 5) is 26.2. The smallest absolute Gasteiger partial charge is 0.184 e. The number of carbonyl (C=O) groups excluding carboxylic acids is 2. The predicted octanol–water partition coefficient (Wildman–Crippen LogP) is 5.79. The number of unbranched alkanes of at least 4 members (excludes halogenated alkanes) is 4. The third-order valence-electron chi connectivity index (χ3n) is 5.37. The molecule has 0 saturated carbocycles. The molecule has 1 aliphatic carbocycles. The fourth-order valence-corrected chi connectivity index (χ4v) is 4.54. The largest absolute Gasteiger partial charge is 0.469 e. The maximum absolute atomic E-state index is 13.2. The molecule has 0 bridgehead atoms. The first-order valence-electron chi connectivity index (χ1n) is 9.62. The second-order valence-corrected chi connectivity index (χ2v) is 8.48. The summed E-state index contributed by atoms with van der Waals surface area (Å²) in [6.07, 6.45) is 11.8. The van der Waals surface area contributed by atoms with E-state index in [4.69, 9.17) is 4.74 Å². The maximum atomic E-state index is 13.2. The number of halogens is 1. The lowest BCUT2D eigenvalue weighted by molar-refractivity contribution is -0.130. The first-order chi connectivity index (χ1) is 13.0. The molecule has 1 aliphatic heterocycles. The van der Waals surface area contributed by atoms with Crippen LogP contribution in [0.25, 0.3) is 0 Å². The molecule has 1 atom stereocenters. The number of ether oxygens (including phenoxy) is 1. The third-order valence-corrected chi connectivity index (χ3v) is 6.31. The van der Waals surface area contributed by atoms with Crippen molar-refractivity contribution in [2.45, 2.75) is 57.8 Å². The highest BCUT2D eigenvalue weighted by molar-refractivity contribution is 14.1. The normalized spacial score (nSPS) is 21.8. The first kappa shape index (κ1) is 20.1. The summed E-state index contributed by atoms with van der Waals surface area (Å²) in [5.41, 5.74) is 0.735. The van der Waals surface area contributed by atoms with Crippen LogP contribution in [0.1, 0.15) is 57.9 Å². The zero-order valence-electron chi connectivity index (χ0n) is 15.9. The molecule has 0 saturated heterocycles. The van der Waals surface area contributed by atoms with Crippen molar-refractivity contribution in [1.82, 2.24) is 0 Å². The third kappa shape index (κ3) is 3.96. The van der Waals surface area contributed by atoms with Crippen molar-refractivity contribution in [2.75, 3.05) is 0 Å². The van der Waals surface area contributed by atoms with Gasteiger partial charge in [-0.2, -0.15) is 0 Å². The van der Waals surface area contributed by atoms with E-state index in [1.165, 1.54) is 31.9 Å². The molecular weight excluding hydrogens is 451 g/mol. The van der Waals surface area contributed by atoms with Crippen molar-refractivity contribution in [3.8, 4) is 0 Å². The molecule has 1 aromatic rings. The van der Waals surface area contributed by atoms with Crippen LogP contribution in [0.2, 0.25) is 0 Å². The molecule has 142 valence electrons. The highest BCUT2D eigenvalue weighted by Crippen LogP contribution is 2.40. The number of benzene rings is 1. The molecule has 0 N–H and O–H groups in total. The van der Waals surface area contributed by atoms with Crippen molar-refractivity contribution < 1.29 is 14.3 Å². The van der Waals surface area contributed by atoms with Crippen LogP contribution in [0, 0.1) is 3.57 Å². The van der Waals surface area contributed by atoms with Crippen LogP contribution in [0.15, 0.2) is 59.6 Å². The molecule has 1 unspecified atom stereocenters. The first-order valence-corrected chi connectivity index (χ1v) is 10.7. The van der Waals surface area contributed by atoms with E-state index in [9.17, 15) is 9.59 Å². The number of rotatable bonds is 7. The Morgan fingerprint density at radius 3 is 2.52 bits per heavy atom. The summed E-state index contributed by atoms with van der Waals surface area (Å²) in [7, 11) is 0. The SMILES string of the molecule is CCCCCCCC1=CC2=CC(=O)C(C)(c3ccccc3I)C(=O)C2=CO1. The quantitative estimate of drug-likeness (QED) is 0.285. The summed E-state index contributed by atoms with van der Waals surface area (Å²) in [5.74, 6) is 0.483. The predicted molar refractivity (Wildman–Crippen MR) is 115 cm³/mol. The van der Waals surface area contributed by atoms with Crippen molar-refractivity contribution in [1.29, 1.82) is 0 Å². The summed E-state index contributed by atoms with van der Waals surface area (Å²) in [6, 6.07) is 7.55. The van der Waals surface area contributed by atoms with Crippen LogP contribution < -0.4 is 0 Å². The van der Waals surface area contributed by atoms with Gasteiger partial charge in [-0.3, -0.25) is 9.59 Å². The lowest BCUT2D eigenvalue weighted by atomic mass is 9.68. The van der Waals surface area contributed by atoms with Crippen molar-refractivity contribution in [3.63, 3.8) is 0 Å². The second kappa shape index (κ2) is 8.55. The van der Waals surface area contributed by atoms with Gasteiger partial charge in [0.15, 0.2) is 11.6 Å². The minimum Gasteiger partial charge on any atom is -0.469 e. The Kier molecular flexibility index (Phi) is 6.35. The van der Waals surface area contributed by atoms with E-state index in [-0.39, 0.29) is 11.6 Å². The van der Waals surface area contributed by atoms with Gasteiger partial charge < -0.3 is 4.74 Å². The van der Waals surface area contributed by atoms with Gasteiger partial charge in [-0.1, -0.05) is 50.8 Å². The van der Waals surface area contributed by atoms with E-state index < -0.39 is 5.41 Å². The molecule has 0 radical (unpaired) electrons. The Morgan fingerprint density at radius 2 is 1.78 bits per heavy atom. The van der Waals surface area contributed by atoms with Gasteiger partial charge >= 0.3 is 0 Å². The summed E-state index contributed by atoms with van der Waals surface area (Å²) in [6.45, 7) is 3.92. The maximum Gasteiger partial charge on any atom is 0.184 e. The Balaban J connectivity index is 1.82. The van der Waals surface area contributed by atoms with Gasteiger partial charge in [-0.05, 0) is 65.3 Å². The standard InChI is InChI=1S/C23H25IO3/c1-3-4-5-6-7-10-17-13-16-14-21(25)23(2,22(26)18(16)15-27-17)19-11-8-9-12-20(19)24/h8-9,11-15H,3-7,10H2,1-2H3. The molecule has 0 fully saturated rings. The van der Waals surface area contributed by atoms with Gasteiger partial charge in [0.25, 0.3) is 0 Å². The fourth-order valence-electron chi connectivity index (χ4n) is 3.61. The van der Waals surface area contributed by atoms with E-state index >= 15 is 0 Å². The van der Waals surface area contributed by atoms with Crippen LogP contribution in [0.3, 0.4) is 0 Å². The number of carbonyl (C=O) groups is 2. The van der Waals surface area contributed by atoms with Crippen LogP contribution in [-0.4, -0.2) is 11.6 Å². The summed E-state index contributed by atoms with van der Waals surface area (Å²) in [5, 5.41) is 0. The summed E-state index contributed by atoms with van der Waals surface area (Å²) >= 11 is 2.18. The number of hydrogen-bond acceptors (Lipinski definition) is 3. The molecule has 0 spiro atoms. The zero-order valence-corrected chi connectivity index (χ0v) is 18.0. The second-order valence-electron chi connectivity index (χ2n) is 7.32. The van der Waals surface area contributed by atoms with Crippen molar-refractivity contribution >= 4 is 34.2 Å². The van der Waals surface area contributed by atoms with E-state index in [1.54, 1.807) is 13.0 Å². The minimum absolute atomic E-state index is 0.163. The number of hydrogen-bond donors (Lipinski definition) is 0. The molecule has 27 heavy (non-hydrogen) atoms. The average Bonchev–Trinajstić information content (AvgIpc) is 2.66. The Hall–Kier alpha value is -1.69. The highest BCUT2D eigenvalue weighted by atomic mass is 127. The van der Waals surface area contributed by atoms with Gasteiger partial charge in [0.1, 0.15) is 17.4 Å². The Morgan fingerprint density at radius 1 is 1.04 bits per heavy atom. The molecule has 1 heterocycles. The number of fused-ring (bicyclic) bond motifs is 1. The summed E-state index contributed by atoms with van der Waals surface area (Å²) < 4.78 is 6.66. The van der Waals surface area contributed by atoms with E-state index in [0.717, 1.165) is 27.7 Å². The van der Waals surface area contributed by atoms with Gasteiger partial charge in [-0.15, -0.1) is 0 Å².